The van der Waals surface area contributed by atoms with Crippen LogP contribution in [0.1, 0.15) is 43.5 Å². The maximum Gasteiger partial charge on any atom is 0.204 e. The maximum absolute atomic E-state index is 13.9. The molecule has 0 saturated carbocycles. The molecule has 0 aliphatic carbocycles. The third-order valence-electron chi connectivity index (χ3n) is 7.13. The molecular weight excluding hydrogens is 445 g/mol. The van der Waals surface area contributed by atoms with E-state index in [4.69, 9.17) is 15.5 Å². The van der Waals surface area contributed by atoms with Crippen molar-refractivity contribution in [2.45, 2.75) is 45.6 Å². The second kappa shape index (κ2) is 10.2. The van der Waals surface area contributed by atoms with Crippen molar-refractivity contribution in [1.29, 1.82) is 0 Å². The van der Waals surface area contributed by atoms with Crippen molar-refractivity contribution in [3.8, 4) is 17.0 Å². The van der Waals surface area contributed by atoms with Crippen molar-refractivity contribution in [2.24, 2.45) is 0 Å². The Bertz CT molecular complexity index is 1170. The van der Waals surface area contributed by atoms with Gasteiger partial charge in [0.15, 0.2) is 11.6 Å². The van der Waals surface area contributed by atoms with E-state index in [1.807, 2.05) is 19.1 Å². The van der Waals surface area contributed by atoms with Gasteiger partial charge in [0, 0.05) is 43.9 Å². The number of likely N-dealkylation sites (tertiary alicyclic amines) is 1. The summed E-state index contributed by atoms with van der Waals surface area (Å²) < 4.78 is 21.9. The molecule has 2 fully saturated rings. The molecule has 2 aliphatic heterocycles. The Morgan fingerprint density at radius 3 is 2.60 bits per heavy atom. The number of nitrogen functional groups attached to an aromatic ring is 1. The molecule has 0 amide bonds. The number of piperidine rings is 1. The van der Waals surface area contributed by atoms with E-state index in [0.717, 1.165) is 61.9 Å². The van der Waals surface area contributed by atoms with Crippen molar-refractivity contribution < 1.29 is 9.13 Å². The summed E-state index contributed by atoms with van der Waals surface area (Å²) in [4.78, 5) is 18.4. The number of hydrogen-bond donors (Lipinski definition) is 1. The lowest BCUT2D eigenvalue weighted by Crippen LogP contribution is -2.39. The normalized spacial score (nSPS) is 16.9. The van der Waals surface area contributed by atoms with Crippen LogP contribution >= 0.6 is 0 Å². The van der Waals surface area contributed by atoms with Crippen LogP contribution in [0.3, 0.4) is 0 Å². The topological polar surface area (TPSA) is 85.3 Å². The zero-order chi connectivity index (χ0) is 24.4. The predicted molar refractivity (Wildman–Crippen MR) is 135 cm³/mol. The van der Waals surface area contributed by atoms with Crippen LogP contribution in [0, 0.1) is 12.7 Å². The van der Waals surface area contributed by atoms with Gasteiger partial charge in [-0.2, -0.15) is 0 Å². The van der Waals surface area contributed by atoms with Gasteiger partial charge < -0.3 is 24.8 Å². The fourth-order valence-corrected chi connectivity index (χ4v) is 4.97. The van der Waals surface area contributed by atoms with Crippen LogP contribution in [0.25, 0.3) is 11.3 Å². The molecular formula is C26H34FN7O. The van der Waals surface area contributed by atoms with Gasteiger partial charge in [-0.1, -0.05) is 0 Å². The molecule has 9 heteroatoms. The first-order valence-electron chi connectivity index (χ1n) is 12.6. The van der Waals surface area contributed by atoms with E-state index in [2.05, 4.69) is 30.5 Å². The van der Waals surface area contributed by atoms with Crippen LogP contribution in [-0.2, 0) is 6.54 Å². The Balaban J connectivity index is 1.36. The standard InChI is InChI=1S/C26H34FN7O/c1-3-35-23-24(28)29-17-30-26(23)33-11-7-19(8-12-33)25-31-22(20-5-6-21(27)18(2)15-20)16-34(25)14-13-32-9-4-10-32/h5-6,15-17,19H,3-4,7-14H2,1-2H3,(H2,28,29,30). The molecule has 186 valence electrons. The summed E-state index contributed by atoms with van der Waals surface area (Å²) in [7, 11) is 0. The van der Waals surface area contributed by atoms with Crippen LogP contribution in [0.2, 0.25) is 0 Å². The molecule has 0 unspecified atom stereocenters. The number of aromatic nitrogens is 4. The molecule has 2 N–H and O–H groups in total. The number of imidazole rings is 1. The number of ether oxygens (including phenoxy) is 1. The lowest BCUT2D eigenvalue weighted by atomic mass is 9.95. The third-order valence-corrected chi connectivity index (χ3v) is 7.13. The summed E-state index contributed by atoms with van der Waals surface area (Å²) in [6.45, 7) is 10.2. The first-order valence-corrected chi connectivity index (χ1v) is 12.6. The van der Waals surface area contributed by atoms with E-state index in [-0.39, 0.29) is 5.82 Å². The Labute approximate surface area is 205 Å². The second-order valence-corrected chi connectivity index (χ2v) is 9.44. The molecule has 8 nitrogen and oxygen atoms in total. The van der Waals surface area contributed by atoms with Gasteiger partial charge >= 0.3 is 0 Å². The van der Waals surface area contributed by atoms with Crippen molar-refractivity contribution in [1.82, 2.24) is 24.4 Å². The van der Waals surface area contributed by atoms with E-state index in [0.29, 0.717) is 29.7 Å². The molecule has 2 aromatic heterocycles. The molecule has 0 radical (unpaired) electrons. The molecule has 4 heterocycles. The van der Waals surface area contributed by atoms with Gasteiger partial charge in [-0.25, -0.2) is 19.3 Å². The zero-order valence-corrected chi connectivity index (χ0v) is 20.6. The van der Waals surface area contributed by atoms with E-state index >= 15 is 0 Å². The first kappa shape index (κ1) is 23.5. The Morgan fingerprint density at radius 1 is 1.11 bits per heavy atom. The van der Waals surface area contributed by atoms with E-state index in [1.54, 1.807) is 6.92 Å². The molecule has 3 aromatic rings. The van der Waals surface area contributed by atoms with E-state index < -0.39 is 0 Å². The fourth-order valence-electron chi connectivity index (χ4n) is 4.97. The van der Waals surface area contributed by atoms with Gasteiger partial charge in [0.05, 0.1) is 12.3 Å². The smallest absolute Gasteiger partial charge is 0.204 e. The fraction of sp³-hybridized carbons (Fsp3) is 0.500. The summed E-state index contributed by atoms with van der Waals surface area (Å²) in [6, 6.07) is 5.25. The van der Waals surface area contributed by atoms with Gasteiger partial charge in [0.25, 0.3) is 0 Å². The molecule has 35 heavy (non-hydrogen) atoms. The lowest BCUT2D eigenvalue weighted by molar-refractivity contribution is 0.173. The Hall–Kier alpha value is -3.20. The maximum atomic E-state index is 13.9. The monoisotopic (exact) mass is 479 g/mol. The summed E-state index contributed by atoms with van der Waals surface area (Å²) in [6.07, 6.45) is 6.84. The van der Waals surface area contributed by atoms with Crippen LogP contribution in [0.15, 0.2) is 30.7 Å². The number of anilines is 2. The number of nitrogens with two attached hydrogens (primary N) is 1. The van der Waals surface area contributed by atoms with Crippen LogP contribution in [0.4, 0.5) is 16.0 Å². The van der Waals surface area contributed by atoms with Gasteiger partial charge in [-0.05, 0) is 70.0 Å². The minimum Gasteiger partial charge on any atom is -0.487 e. The number of halogens is 1. The highest BCUT2D eigenvalue weighted by atomic mass is 19.1. The Morgan fingerprint density at radius 2 is 1.91 bits per heavy atom. The number of aryl methyl sites for hydroxylation is 1. The van der Waals surface area contributed by atoms with Crippen molar-refractivity contribution in [3.05, 3.63) is 47.9 Å². The molecule has 0 bridgehead atoms. The van der Waals surface area contributed by atoms with Crippen LogP contribution in [-0.4, -0.2) is 63.7 Å². The summed E-state index contributed by atoms with van der Waals surface area (Å²) in [5.41, 5.74) is 8.58. The van der Waals surface area contributed by atoms with Gasteiger partial charge in [0.2, 0.25) is 5.75 Å². The third kappa shape index (κ3) is 4.96. The number of hydrogen-bond acceptors (Lipinski definition) is 7. The number of nitrogens with zero attached hydrogens (tertiary/aromatic N) is 6. The minimum atomic E-state index is -0.185. The average Bonchev–Trinajstić information content (AvgIpc) is 3.25. The first-order chi connectivity index (χ1) is 17.0. The lowest BCUT2D eigenvalue weighted by Gasteiger charge is -2.34. The van der Waals surface area contributed by atoms with Crippen LogP contribution < -0.4 is 15.4 Å². The molecule has 0 spiro atoms. The molecule has 5 rings (SSSR count). The Kier molecular flexibility index (Phi) is 6.86. The molecule has 2 saturated heterocycles. The van der Waals surface area contributed by atoms with Gasteiger partial charge in [-0.3, -0.25) is 0 Å². The molecule has 2 aliphatic rings. The summed E-state index contributed by atoms with van der Waals surface area (Å²) in [5.74, 6) is 2.98. The van der Waals surface area contributed by atoms with Crippen molar-refractivity contribution >= 4 is 11.6 Å². The van der Waals surface area contributed by atoms with Crippen LogP contribution in [0.5, 0.6) is 5.75 Å². The van der Waals surface area contributed by atoms with E-state index in [1.165, 1.54) is 31.9 Å². The highest BCUT2D eigenvalue weighted by Gasteiger charge is 2.28. The second-order valence-electron chi connectivity index (χ2n) is 9.44. The minimum absolute atomic E-state index is 0.185. The highest BCUT2D eigenvalue weighted by Crippen LogP contribution is 2.36. The quantitative estimate of drug-likeness (QED) is 0.525. The SMILES string of the molecule is CCOc1c(N)ncnc1N1CCC(c2nc(-c3ccc(F)c(C)c3)cn2CCN2CCC2)CC1. The van der Waals surface area contributed by atoms with Gasteiger partial charge in [-0.15, -0.1) is 0 Å². The van der Waals surface area contributed by atoms with E-state index in [9.17, 15) is 4.39 Å². The zero-order valence-electron chi connectivity index (χ0n) is 20.6. The summed E-state index contributed by atoms with van der Waals surface area (Å²) >= 11 is 0. The molecule has 1 aromatic carbocycles. The van der Waals surface area contributed by atoms with Crippen molar-refractivity contribution in [3.63, 3.8) is 0 Å². The number of rotatable bonds is 8. The molecule has 0 atom stereocenters. The number of benzene rings is 1. The highest BCUT2D eigenvalue weighted by molar-refractivity contribution is 5.63. The average molecular weight is 480 g/mol. The summed E-state index contributed by atoms with van der Waals surface area (Å²) in [5, 5.41) is 0. The van der Waals surface area contributed by atoms with Crippen molar-refractivity contribution in [2.75, 3.05) is 50.0 Å². The van der Waals surface area contributed by atoms with Gasteiger partial charge in [0.1, 0.15) is 18.0 Å². The predicted octanol–water partition coefficient (Wildman–Crippen LogP) is 3.86. The largest absolute Gasteiger partial charge is 0.487 e.